The summed E-state index contributed by atoms with van der Waals surface area (Å²) in [6.07, 6.45) is -9.81. The summed E-state index contributed by atoms with van der Waals surface area (Å²) in [4.78, 5) is 38.2. The van der Waals surface area contributed by atoms with Gasteiger partial charge in [0.25, 0.3) is 0 Å². The van der Waals surface area contributed by atoms with E-state index in [0.717, 1.165) is 0 Å². The van der Waals surface area contributed by atoms with Crippen LogP contribution in [0, 0.1) is 0 Å². The van der Waals surface area contributed by atoms with Crippen molar-refractivity contribution >= 4 is 33.7 Å². The van der Waals surface area contributed by atoms with Gasteiger partial charge in [0.2, 0.25) is 17.8 Å². The van der Waals surface area contributed by atoms with Crippen LogP contribution in [0.2, 0.25) is 0 Å². The molecule has 0 unspecified atom stereocenters. The number of carbonyl (C=O) groups excluding carboxylic acids is 2. The van der Waals surface area contributed by atoms with Crippen LogP contribution in [0.25, 0.3) is 21.7 Å². The van der Waals surface area contributed by atoms with Gasteiger partial charge in [-0.1, -0.05) is 0 Å². The molecular weight excluding hydrogens is 612 g/mol. The molecule has 1 fully saturated rings. The third kappa shape index (κ3) is 5.12. The molecule has 0 saturated carbocycles. The molecule has 5 atom stereocenters. The normalized spacial score (nSPS) is 21.5. The van der Waals surface area contributed by atoms with Gasteiger partial charge in [-0.15, -0.1) is 0 Å². The van der Waals surface area contributed by atoms with E-state index in [1.165, 1.54) is 0 Å². The topological polar surface area (TPSA) is 315 Å². The SMILES string of the molecule is O=C(O[C@H]1O[C@H](COC(=O)c2cc(O)c(O)c3oc(=O)c4cc(O)c(O)c(O)c4c23)[C@@H](O)[C@H](O)[C@H]1O)c1cc(O)c(O)c(O)c1. The Morgan fingerprint density at radius 2 is 1.29 bits per heavy atom. The van der Waals surface area contributed by atoms with Crippen molar-refractivity contribution in [2.24, 2.45) is 0 Å². The fraction of sp³-hybridized carbons (Fsp3) is 0.222. The summed E-state index contributed by atoms with van der Waals surface area (Å²) >= 11 is 0. The van der Waals surface area contributed by atoms with Crippen LogP contribution in [0.5, 0.6) is 46.0 Å². The molecule has 1 aliphatic heterocycles. The first kappa shape index (κ1) is 30.8. The molecule has 238 valence electrons. The molecule has 18 heteroatoms. The van der Waals surface area contributed by atoms with Gasteiger partial charge >= 0.3 is 17.6 Å². The van der Waals surface area contributed by atoms with E-state index in [-0.39, 0.29) is 0 Å². The highest BCUT2D eigenvalue weighted by molar-refractivity contribution is 6.19. The lowest BCUT2D eigenvalue weighted by Crippen LogP contribution is -2.59. The smallest absolute Gasteiger partial charge is 0.344 e. The first-order valence-corrected chi connectivity index (χ1v) is 12.5. The fourth-order valence-corrected chi connectivity index (χ4v) is 4.63. The zero-order valence-electron chi connectivity index (χ0n) is 22.2. The van der Waals surface area contributed by atoms with Crippen molar-refractivity contribution < 1.29 is 84.4 Å². The Labute approximate surface area is 247 Å². The third-order valence-corrected chi connectivity index (χ3v) is 6.95. The number of hydrogen-bond acceptors (Lipinski definition) is 18. The summed E-state index contributed by atoms with van der Waals surface area (Å²) in [5.74, 6) is -10.6. The minimum absolute atomic E-state index is 0.525. The molecule has 0 bridgehead atoms. The first-order valence-electron chi connectivity index (χ1n) is 12.5. The van der Waals surface area contributed by atoms with Crippen molar-refractivity contribution in [2.75, 3.05) is 6.61 Å². The highest BCUT2D eigenvalue weighted by Gasteiger charge is 2.46. The van der Waals surface area contributed by atoms with E-state index in [9.17, 15) is 70.6 Å². The fourth-order valence-electron chi connectivity index (χ4n) is 4.63. The van der Waals surface area contributed by atoms with Gasteiger partial charge in [0.15, 0.2) is 40.1 Å². The lowest BCUT2D eigenvalue weighted by Gasteiger charge is -2.39. The van der Waals surface area contributed by atoms with Gasteiger partial charge in [0.05, 0.1) is 16.5 Å². The van der Waals surface area contributed by atoms with E-state index < -0.39 is 134 Å². The van der Waals surface area contributed by atoms with Gasteiger partial charge in [-0.25, -0.2) is 14.4 Å². The molecule has 11 N–H and O–H groups in total. The quantitative estimate of drug-likeness (QED) is 0.0565. The van der Waals surface area contributed by atoms with Gasteiger partial charge < -0.3 is 74.8 Å². The Morgan fingerprint density at radius 1 is 0.689 bits per heavy atom. The number of rotatable bonds is 5. The number of ether oxygens (including phenoxy) is 3. The summed E-state index contributed by atoms with van der Waals surface area (Å²) in [7, 11) is 0. The molecule has 5 rings (SSSR count). The second-order valence-corrected chi connectivity index (χ2v) is 9.78. The van der Waals surface area contributed by atoms with Crippen molar-refractivity contribution in [2.45, 2.75) is 30.7 Å². The van der Waals surface area contributed by atoms with Crippen LogP contribution in [0.3, 0.4) is 0 Å². The number of fused-ring (bicyclic) bond motifs is 3. The van der Waals surface area contributed by atoms with Crippen molar-refractivity contribution in [1.29, 1.82) is 0 Å². The molecule has 0 aliphatic carbocycles. The minimum atomic E-state index is -2.06. The lowest BCUT2D eigenvalue weighted by atomic mass is 9.99. The summed E-state index contributed by atoms with van der Waals surface area (Å²) in [5.41, 5.74) is -3.29. The first-order chi connectivity index (χ1) is 21.1. The largest absolute Gasteiger partial charge is 0.504 e. The van der Waals surface area contributed by atoms with E-state index in [4.69, 9.17) is 18.6 Å². The van der Waals surface area contributed by atoms with Crippen molar-refractivity contribution in [3.63, 3.8) is 0 Å². The van der Waals surface area contributed by atoms with Crippen molar-refractivity contribution in [1.82, 2.24) is 0 Å². The number of hydrogen-bond donors (Lipinski definition) is 11. The lowest BCUT2D eigenvalue weighted by molar-refractivity contribution is -0.285. The number of aromatic hydroxyl groups is 8. The molecule has 1 aromatic heterocycles. The predicted octanol–water partition coefficient (Wildman–Crippen LogP) is -0.588. The van der Waals surface area contributed by atoms with Crippen LogP contribution in [0.15, 0.2) is 33.5 Å². The molecular formula is C27H22O18. The number of phenolic OH excluding ortho intramolecular Hbond substituents is 8. The second kappa shape index (κ2) is 11.1. The van der Waals surface area contributed by atoms with E-state index in [0.29, 0.717) is 24.3 Å². The summed E-state index contributed by atoms with van der Waals surface area (Å²) < 4.78 is 20.4. The minimum Gasteiger partial charge on any atom is -0.504 e. The van der Waals surface area contributed by atoms with Crippen molar-refractivity contribution in [3.8, 4) is 46.0 Å². The van der Waals surface area contributed by atoms with Crippen molar-refractivity contribution in [3.05, 3.63) is 45.8 Å². The van der Waals surface area contributed by atoms with Gasteiger partial charge in [-0.2, -0.15) is 0 Å². The highest BCUT2D eigenvalue weighted by atomic mass is 16.7. The predicted molar refractivity (Wildman–Crippen MR) is 142 cm³/mol. The molecule has 0 radical (unpaired) electrons. The Bertz CT molecular complexity index is 1910. The molecule has 45 heavy (non-hydrogen) atoms. The Balaban J connectivity index is 1.44. The maximum absolute atomic E-state index is 13.2. The number of benzene rings is 3. The van der Waals surface area contributed by atoms with E-state index in [1.807, 2.05) is 0 Å². The number of esters is 2. The molecule has 0 spiro atoms. The van der Waals surface area contributed by atoms with Gasteiger partial charge in [-0.05, 0) is 24.3 Å². The van der Waals surface area contributed by atoms with Crippen LogP contribution in [-0.4, -0.2) is 105 Å². The maximum atomic E-state index is 13.2. The third-order valence-electron chi connectivity index (χ3n) is 6.95. The summed E-state index contributed by atoms with van der Waals surface area (Å²) in [5, 5.41) is 109. The molecule has 1 saturated heterocycles. The second-order valence-electron chi connectivity index (χ2n) is 9.78. The Kier molecular flexibility index (Phi) is 7.59. The van der Waals surface area contributed by atoms with E-state index in [1.54, 1.807) is 0 Å². The Morgan fingerprint density at radius 3 is 1.93 bits per heavy atom. The van der Waals surface area contributed by atoms with Gasteiger partial charge in [0.1, 0.15) is 31.0 Å². The van der Waals surface area contributed by atoms with Crippen LogP contribution < -0.4 is 5.63 Å². The monoisotopic (exact) mass is 634 g/mol. The molecule has 1 aliphatic rings. The van der Waals surface area contributed by atoms with Crippen LogP contribution in [0.1, 0.15) is 20.7 Å². The zero-order chi connectivity index (χ0) is 33.1. The number of carbonyl (C=O) groups is 2. The summed E-state index contributed by atoms with van der Waals surface area (Å²) in [6.45, 7) is -0.950. The van der Waals surface area contributed by atoms with Crippen LogP contribution in [0.4, 0.5) is 0 Å². The van der Waals surface area contributed by atoms with Crippen LogP contribution in [-0.2, 0) is 14.2 Å². The average molecular weight is 634 g/mol. The Hall–Kier alpha value is -5.69. The van der Waals surface area contributed by atoms with E-state index in [2.05, 4.69) is 0 Å². The summed E-state index contributed by atoms with van der Waals surface area (Å²) in [6, 6.07) is 2.76. The molecule has 18 nitrogen and oxygen atoms in total. The zero-order valence-corrected chi connectivity index (χ0v) is 22.2. The number of aliphatic hydroxyl groups excluding tert-OH is 3. The van der Waals surface area contributed by atoms with Gasteiger partial charge in [-0.3, -0.25) is 0 Å². The number of aliphatic hydroxyl groups is 3. The van der Waals surface area contributed by atoms with E-state index >= 15 is 0 Å². The average Bonchev–Trinajstić information content (AvgIpc) is 2.99. The van der Waals surface area contributed by atoms with Crippen LogP contribution >= 0.6 is 0 Å². The molecule has 3 aromatic carbocycles. The highest BCUT2D eigenvalue weighted by Crippen LogP contribution is 2.47. The standard InChI is InChI=1S/C27H22O18/c28-9-1-6(2-10(29)16(9)32)24(39)45-27-22(38)21(37)19(35)13(43-27)5-42-25(40)8-4-12(31)18(34)23-15(8)14-7(26(41)44-23)3-11(30)17(33)20(14)36/h1-4,13,19,21-22,27-38H,5H2/t13-,19-,21+,22-,27-/m1/s1. The van der Waals surface area contributed by atoms with Gasteiger partial charge in [0, 0.05) is 10.8 Å². The number of phenols is 8. The molecule has 4 aromatic rings. The molecule has 0 amide bonds. The molecule has 2 heterocycles. The maximum Gasteiger partial charge on any atom is 0.344 e.